The number of aryl methyl sites for hydroxylation is 1. The highest BCUT2D eigenvalue weighted by atomic mass is 127. The molecule has 2 rings (SSSR count). The van der Waals surface area contributed by atoms with E-state index in [1.807, 2.05) is 29.2 Å². The van der Waals surface area contributed by atoms with Gasteiger partial charge in [-0.2, -0.15) is 5.10 Å². The molecule has 1 heterocycles. The molecule has 0 saturated heterocycles. The fraction of sp³-hybridized carbons (Fsp3) is 0.250. The van der Waals surface area contributed by atoms with Gasteiger partial charge in [0.25, 0.3) is 0 Å². The first kappa shape index (κ1) is 12.5. The third-order valence-electron chi connectivity index (χ3n) is 2.69. The Hall–Kier alpha value is -0.920. The van der Waals surface area contributed by atoms with Crippen LogP contribution in [-0.4, -0.2) is 9.78 Å². The zero-order valence-electron chi connectivity index (χ0n) is 9.60. The van der Waals surface area contributed by atoms with E-state index < -0.39 is 0 Å². The SMILES string of the molecule is CCn1cc(C(NN)c2ccccc2I)cn1. The van der Waals surface area contributed by atoms with Gasteiger partial charge in [0.1, 0.15) is 0 Å². The summed E-state index contributed by atoms with van der Waals surface area (Å²) in [7, 11) is 0. The lowest BCUT2D eigenvalue weighted by Crippen LogP contribution is -2.29. The number of aromatic nitrogens is 2. The summed E-state index contributed by atoms with van der Waals surface area (Å²) in [6, 6.07) is 8.18. The second-order valence-electron chi connectivity index (χ2n) is 3.75. The quantitative estimate of drug-likeness (QED) is 0.508. The molecule has 0 aliphatic heterocycles. The monoisotopic (exact) mass is 342 g/mol. The highest BCUT2D eigenvalue weighted by Gasteiger charge is 2.16. The highest BCUT2D eigenvalue weighted by molar-refractivity contribution is 14.1. The largest absolute Gasteiger partial charge is 0.273 e. The number of nitrogens with two attached hydrogens (primary N) is 1. The molecule has 0 saturated carbocycles. The molecule has 0 amide bonds. The van der Waals surface area contributed by atoms with Gasteiger partial charge >= 0.3 is 0 Å². The van der Waals surface area contributed by atoms with Crippen molar-refractivity contribution in [3.63, 3.8) is 0 Å². The summed E-state index contributed by atoms with van der Waals surface area (Å²) in [6.45, 7) is 2.93. The van der Waals surface area contributed by atoms with Gasteiger partial charge in [-0.05, 0) is 41.1 Å². The molecule has 0 bridgehead atoms. The highest BCUT2D eigenvalue weighted by Crippen LogP contribution is 2.25. The second-order valence-corrected chi connectivity index (χ2v) is 4.91. The van der Waals surface area contributed by atoms with E-state index in [9.17, 15) is 0 Å². The molecule has 17 heavy (non-hydrogen) atoms. The average Bonchev–Trinajstić information content (AvgIpc) is 2.81. The molecule has 0 spiro atoms. The molecule has 0 fully saturated rings. The van der Waals surface area contributed by atoms with E-state index in [1.165, 1.54) is 9.13 Å². The Balaban J connectivity index is 2.36. The molecular weight excluding hydrogens is 327 g/mol. The van der Waals surface area contributed by atoms with Crippen LogP contribution in [0, 0.1) is 3.57 Å². The molecule has 2 aromatic rings. The predicted octanol–water partition coefficient (Wildman–Crippen LogP) is 2.06. The van der Waals surface area contributed by atoms with E-state index in [0.29, 0.717) is 0 Å². The van der Waals surface area contributed by atoms with Gasteiger partial charge in [-0.1, -0.05) is 18.2 Å². The van der Waals surface area contributed by atoms with Gasteiger partial charge in [0.15, 0.2) is 0 Å². The maximum atomic E-state index is 5.67. The molecule has 1 atom stereocenters. The summed E-state index contributed by atoms with van der Waals surface area (Å²) in [5.41, 5.74) is 5.11. The van der Waals surface area contributed by atoms with E-state index in [0.717, 1.165) is 12.1 Å². The molecular formula is C12H15IN4. The Bertz CT molecular complexity index is 495. The minimum absolute atomic E-state index is 0.0107. The van der Waals surface area contributed by atoms with Gasteiger partial charge in [0.2, 0.25) is 0 Å². The minimum Gasteiger partial charge on any atom is -0.273 e. The summed E-state index contributed by atoms with van der Waals surface area (Å²) in [5, 5.41) is 4.28. The van der Waals surface area contributed by atoms with Gasteiger partial charge < -0.3 is 0 Å². The number of hydrogen-bond acceptors (Lipinski definition) is 3. The van der Waals surface area contributed by atoms with Crippen molar-refractivity contribution in [2.75, 3.05) is 0 Å². The van der Waals surface area contributed by atoms with Gasteiger partial charge in [0, 0.05) is 21.9 Å². The molecule has 5 heteroatoms. The van der Waals surface area contributed by atoms with Crippen LogP contribution < -0.4 is 11.3 Å². The number of hydrogen-bond donors (Lipinski definition) is 2. The van der Waals surface area contributed by atoms with Crippen LogP contribution in [0.2, 0.25) is 0 Å². The van der Waals surface area contributed by atoms with Crippen LogP contribution in [0.5, 0.6) is 0 Å². The zero-order valence-corrected chi connectivity index (χ0v) is 11.8. The molecule has 1 unspecified atom stereocenters. The Labute approximate surface area is 114 Å². The summed E-state index contributed by atoms with van der Waals surface area (Å²) in [4.78, 5) is 0. The zero-order chi connectivity index (χ0) is 12.3. The molecule has 0 aliphatic carbocycles. The van der Waals surface area contributed by atoms with Gasteiger partial charge in [-0.3, -0.25) is 10.5 Å². The van der Waals surface area contributed by atoms with E-state index in [1.54, 1.807) is 0 Å². The van der Waals surface area contributed by atoms with Crippen molar-refractivity contribution in [3.8, 4) is 0 Å². The van der Waals surface area contributed by atoms with Crippen molar-refractivity contribution in [1.82, 2.24) is 15.2 Å². The number of rotatable bonds is 4. The van der Waals surface area contributed by atoms with Crippen LogP contribution in [0.3, 0.4) is 0 Å². The first-order valence-electron chi connectivity index (χ1n) is 5.49. The Morgan fingerprint density at radius 3 is 2.82 bits per heavy atom. The van der Waals surface area contributed by atoms with Gasteiger partial charge in [-0.25, -0.2) is 5.43 Å². The van der Waals surface area contributed by atoms with Crippen molar-refractivity contribution < 1.29 is 0 Å². The standard InChI is InChI=1S/C12H15IN4/c1-2-17-8-9(7-15-17)12(16-14)10-5-3-4-6-11(10)13/h3-8,12,16H,2,14H2,1H3. The van der Waals surface area contributed by atoms with Crippen LogP contribution in [0.25, 0.3) is 0 Å². The first-order chi connectivity index (χ1) is 8.26. The van der Waals surface area contributed by atoms with Crippen LogP contribution in [0.1, 0.15) is 24.1 Å². The van der Waals surface area contributed by atoms with Gasteiger partial charge in [-0.15, -0.1) is 0 Å². The smallest absolute Gasteiger partial charge is 0.0750 e. The maximum absolute atomic E-state index is 5.67. The lowest BCUT2D eigenvalue weighted by atomic mass is 10.0. The molecule has 1 aromatic carbocycles. The number of nitrogens with one attached hydrogen (secondary N) is 1. The van der Waals surface area contributed by atoms with Crippen LogP contribution in [0.15, 0.2) is 36.7 Å². The minimum atomic E-state index is -0.0107. The maximum Gasteiger partial charge on any atom is 0.0750 e. The average molecular weight is 342 g/mol. The van der Waals surface area contributed by atoms with Crippen molar-refractivity contribution >= 4 is 22.6 Å². The van der Waals surface area contributed by atoms with E-state index in [4.69, 9.17) is 5.84 Å². The fourth-order valence-electron chi connectivity index (χ4n) is 1.78. The Morgan fingerprint density at radius 2 is 2.24 bits per heavy atom. The number of hydrazine groups is 1. The molecule has 90 valence electrons. The normalized spacial score (nSPS) is 12.6. The fourth-order valence-corrected chi connectivity index (χ4v) is 2.48. The lowest BCUT2D eigenvalue weighted by molar-refractivity contribution is 0.628. The van der Waals surface area contributed by atoms with Crippen LogP contribution in [-0.2, 0) is 6.54 Å². The Morgan fingerprint density at radius 1 is 1.47 bits per heavy atom. The van der Waals surface area contributed by atoms with E-state index in [-0.39, 0.29) is 6.04 Å². The summed E-state index contributed by atoms with van der Waals surface area (Å²) in [5.74, 6) is 5.67. The van der Waals surface area contributed by atoms with Crippen molar-refractivity contribution in [3.05, 3.63) is 51.4 Å². The third kappa shape index (κ3) is 2.67. The van der Waals surface area contributed by atoms with Crippen molar-refractivity contribution in [2.24, 2.45) is 5.84 Å². The number of benzene rings is 1. The summed E-state index contributed by atoms with van der Waals surface area (Å²) < 4.78 is 3.09. The van der Waals surface area contributed by atoms with E-state index in [2.05, 4.69) is 52.2 Å². The number of halogens is 1. The van der Waals surface area contributed by atoms with Crippen LogP contribution in [0.4, 0.5) is 0 Å². The molecule has 4 nitrogen and oxygen atoms in total. The topological polar surface area (TPSA) is 55.9 Å². The molecule has 0 radical (unpaired) electrons. The Kier molecular flexibility index (Phi) is 4.14. The van der Waals surface area contributed by atoms with Crippen molar-refractivity contribution in [1.29, 1.82) is 0 Å². The third-order valence-corrected chi connectivity index (χ3v) is 3.68. The van der Waals surface area contributed by atoms with Gasteiger partial charge in [0.05, 0.1) is 12.2 Å². The lowest BCUT2D eigenvalue weighted by Gasteiger charge is -2.16. The predicted molar refractivity (Wildman–Crippen MR) is 76.2 cm³/mol. The number of nitrogens with zero attached hydrogens (tertiary/aromatic N) is 2. The molecule has 3 N–H and O–H groups in total. The molecule has 1 aromatic heterocycles. The second kappa shape index (κ2) is 5.61. The summed E-state index contributed by atoms with van der Waals surface area (Å²) in [6.07, 6.45) is 3.88. The molecule has 0 aliphatic rings. The van der Waals surface area contributed by atoms with Crippen LogP contribution >= 0.6 is 22.6 Å². The van der Waals surface area contributed by atoms with Crippen molar-refractivity contribution in [2.45, 2.75) is 19.5 Å². The summed E-state index contributed by atoms with van der Waals surface area (Å²) >= 11 is 2.32. The first-order valence-corrected chi connectivity index (χ1v) is 6.57. The van der Waals surface area contributed by atoms with E-state index >= 15 is 0 Å².